The van der Waals surface area contributed by atoms with Gasteiger partial charge in [-0.05, 0) is 12.5 Å². The van der Waals surface area contributed by atoms with Crippen LogP contribution in [0, 0.1) is 0 Å². The highest BCUT2D eigenvalue weighted by Crippen LogP contribution is 2.28. The number of nitrogens with one attached hydrogen (secondary N) is 1. The Bertz CT molecular complexity index is 530. The lowest BCUT2D eigenvalue weighted by molar-refractivity contribution is 0.334. The number of nitrogens with two attached hydrogens (primary N) is 1. The molecular formula is C16H24N4. The number of imidazole rings is 1. The van der Waals surface area contributed by atoms with Gasteiger partial charge in [0.15, 0.2) is 0 Å². The van der Waals surface area contributed by atoms with Gasteiger partial charge in [-0.2, -0.15) is 0 Å². The van der Waals surface area contributed by atoms with E-state index in [9.17, 15) is 0 Å². The van der Waals surface area contributed by atoms with E-state index in [1.54, 1.807) is 0 Å². The molecule has 0 bridgehead atoms. The highest BCUT2D eigenvalue weighted by atomic mass is 15.2. The second-order valence-electron chi connectivity index (χ2n) is 5.64. The SMILES string of the molecule is CCn1ccnc1CC(NN)C(C)(C)c1ccccc1. The van der Waals surface area contributed by atoms with Crippen LogP contribution in [0.4, 0.5) is 0 Å². The van der Waals surface area contributed by atoms with Crippen molar-refractivity contribution >= 4 is 0 Å². The van der Waals surface area contributed by atoms with Crippen LogP contribution >= 0.6 is 0 Å². The highest BCUT2D eigenvalue weighted by molar-refractivity contribution is 5.26. The first-order valence-electron chi connectivity index (χ1n) is 7.11. The number of benzene rings is 1. The Balaban J connectivity index is 2.24. The van der Waals surface area contributed by atoms with Crippen LogP contribution in [-0.4, -0.2) is 15.6 Å². The van der Waals surface area contributed by atoms with Crippen LogP contribution in [0.1, 0.15) is 32.2 Å². The standard InChI is InChI=1S/C16H24N4/c1-4-20-11-10-18-15(20)12-14(19-17)16(2,3)13-8-6-5-7-9-13/h5-11,14,19H,4,12,17H2,1-3H3. The first kappa shape index (κ1) is 14.8. The number of hydrazine groups is 1. The molecule has 2 rings (SSSR count). The lowest BCUT2D eigenvalue weighted by atomic mass is 9.76. The van der Waals surface area contributed by atoms with E-state index in [4.69, 9.17) is 5.84 Å². The molecule has 1 heterocycles. The summed E-state index contributed by atoms with van der Waals surface area (Å²) in [6.45, 7) is 7.48. The first-order valence-corrected chi connectivity index (χ1v) is 7.11. The summed E-state index contributed by atoms with van der Waals surface area (Å²) in [6.07, 6.45) is 4.67. The quantitative estimate of drug-likeness (QED) is 0.626. The van der Waals surface area contributed by atoms with Crippen LogP contribution in [0.2, 0.25) is 0 Å². The molecule has 1 aromatic heterocycles. The molecule has 0 radical (unpaired) electrons. The maximum atomic E-state index is 5.82. The van der Waals surface area contributed by atoms with E-state index in [0.717, 1.165) is 18.8 Å². The maximum Gasteiger partial charge on any atom is 0.110 e. The highest BCUT2D eigenvalue weighted by Gasteiger charge is 2.31. The molecule has 4 heteroatoms. The average molecular weight is 272 g/mol. The molecule has 20 heavy (non-hydrogen) atoms. The molecular weight excluding hydrogens is 248 g/mol. The predicted octanol–water partition coefficient (Wildman–Crippen LogP) is 2.26. The summed E-state index contributed by atoms with van der Waals surface area (Å²) >= 11 is 0. The van der Waals surface area contributed by atoms with Gasteiger partial charge in [0.05, 0.1) is 0 Å². The van der Waals surface area contributed by atoms with Crippen LogP contribution in [0.15, 0.2) is 42.7 Å². The number of hydrogen-bond acceptors (Lipinski definition) is 3. The summed E-state index contributed by atoms with van der Waals surface area (Å²) in [5, 5.41) is 0. The van der Waals surface area contributed by atoms with Crippen LogP contribution in [0.5, 0.6) is 0 Å². The first-order chi connectivity index (χ1) is 9.59. The summed E-state index contributed by atoms with van der Waals surface area (Å²) in [6, 6.07) is 10.6. The normalized spacial score (nSPS) is 13.4. The predicted molar refractivity (Wildman–Crippen MR) is 82.2 cm³/mol. The van der Waals surface area contributed by atoms with Crippen molar-refractivity contribution in [2.75, 3.05) is 0 Å². The summed E-state index contributed by atoms with van der Waals surface area (Å²) < 4.78 is 2.16. The molecule has 0 fully saturated rings. The molecule has 1 atom stereocenters. The van der Waals surface area contributed by atoms with Crippen LogP contribution in [0.25, 0.3) is 0 Å². The molecule has 1 unspecified atom stereocenters. The zero-order valence-electron chi connectivity index (χ0n) is 12.5. The Kier molecular flexibility index (Phi) is 4.57. The van der Waals surface area contributed by atoms with Crippen molar-refractivity contribution in [1.29, 1.82) is 0 Å². The van der Waals surface area contributed by atoms with Gasteiger partial charge < -0.3 is 4.57 Å². The average Bonchev–Trinajstić information content (AvgIpc) is 2.92. The van der Waals surface area contributed by atoms with Gasteiger partial charge in [0.2, 0.25) is 0 Å². The van der Waals surface area contributed by atoms with Gasteiger partial charge in [-0.3, -0.25) is 11.3 Å². The van der Waals surface area contributed by atoms with Crippen molar-refractivity contribution in [2.45, 2.75) is 45.2 Å². The lowest BCUT2D eigenvalue weighted by Gasteiger charge is -2.34. The molecule has 0 saturated heterocycles. The molecule has 1 aromatic carbocycles. The van der Waals surface area contributed by atoms with E-state index in [2.05, 4.69) is 60.0 Å². The summed E-state index contributed by atoms with van der Waals surface area (Å²) in [5.74, 6) is 6.89. The van der Waals surface area contributed by atoms with E-state index < -0.39 is 0 Å². The molecule has 0 aliphatic rings. The fourth-order valence-corrected chi connectivity index (χ4v) is 2.59. The van der Waals surface area contributed by atoms with Crippen molar-refractivity contribution in [3.05, 3.63) is 54.1 Å². The summed E-state index contributed by atoms with van der Waals surface area (Å²) in [4.78, 5) is 4.45. The topological polar surface area (TPSA) is 55.9 Å². The van der Waals surface area contributed by atoms with Crippen LogP contribution in [0.3, 0.4) is 0 Å². The van der Waals surface area contributed by atoms with E-state index >= 15 is 0 Å². The van der Waals surface area contributed by atoms with Crippen molar-refractivity contribution in [3.63, 3.8) is 0 Å². The third-order valence-electron chi connectivity index (χ3n) is 4.12. The van der Waals surface area contributed by atoms with E-state index in [0.29, 0.717) is 0 Å². The molecule has 0 saturated carbocycles. The summed E-state index contributed by atoms with van der Waals surface area (Å²) in [5.41, 5.74) is 4.18. The maximum absolute atomic E-state index is 5.82. The molecule has 0 aliphatic heterocycles. The van der Waals surface area contributed by atoms with Crippen LogP contribution < -0.4 is 11.3 Å². The fourth-order valence-electron chi connectivity index (χ4n) is 2.59. The molecule has 3 N–H and O–H groups in total. The number of hydrogen-bond donors (Lipinski definition) is 2. The third-order valence-corrected chi connectivity index (χ3v) is 4.12. The number of nitrogens with zero attached hydrogens (tertiary/aromatic N) is 2. The number of rotatable bonds is 6. The van der Waals surface area contributed by atoms with Gasteiger partial charge >= 0.3 is 0 Å². The van der Waals surface area contributed by atoms with Gasteiger partial charge in [-0.25, -0.2) is 4.98 Å². The van der Waals surface area contributed by atoms with Gasteiger partial charge in [0, 0.05) is 36.8 Å². The zero-order valence-corrected chi connectivity index (χ0v) is 12.5. The van der Waals surface area contributed by atoms with Gasteiger partial charge in [-0.1, -0.05) is 44.2 Å². The van der Waals surface area contributed by atoms with E-state index in [1.165, 1.54) is 5.56 Å². The van der Waals surface area contributed by atoms with E-state index in [-0.39, 0.29) is 11.5 Å². The zero-order chi connectivity index (χ0) is 14.6. The second kappa shape index (κ2) is 6.20. The molecule has 0 aliphatic carbocycles. The smallest absolute Gasteiger partial charge is 0.110 e. The van der Waals surface area contributed by atoms with Gasteiger partial charge in [-0.15, -0.1) is 0 Å². The van der Waals surface area contributed by atoms with Crippen molar-refractivity contribution in [3.8, 4) is 0 Å². The molecule has 108 valence electrons. The molecule has 2 aromatic rings. The Hall–Kier alpha value is -1.65. The lowest BCUT2D eigenvalue weighted by Crippen LogP contribution is -2.49. The molecule has 4 nitrogen and oxygen atoms in total. The minimum Gasteiger partial charge on any atom is -0.335 e. The van der Waals surface area contributed by atoms with Gasteiger partial charge in [0.1, 0.15) is 5.82 Å². The third kappa shape index (κ3) is 2.92. The Morgan fingerprint density at radius 1 is 1.30 bits per heavy atom. The Morgan fingerprint density at radius 2 is 2.00 bits per heavy atom. The van der Waals surface area contributed by atoms with Crippen molar-refractivity contribution < 1.29 is 0 Å². The molecule has 0 spiro atoms. The monoisotopic (exact) mass is 272 g/mol. The number of aromatic nitrogens is 2. The largest absolute Gasteiger partial charge is 0.335 e. The second-order valence-corrected chi connectivity index (χ2v) is 5.64. The Morgan fingerprint density at radius 3 is 2.60 bits per heavy atom. The number of aryl methyl sites for hydroxylation is 1. The van der Waals surface area contributed by atoms with Crippen molar-refractivity contribution in [2.24, 2.45) is 5.84 Å². The summed E-state index contributed by atoms with van der Waals surface area (Å²) in [7, 11) is 0. The minimum absolute atomic E-state index is 0.0689. The fraction of sp³-hybridized carbons (Fsp3) is 0.438. The van der Waals surface area contributed by atoms with Crippen LogP contribution in [-0.2, 0) is 18.4 Å². The Labute approximate surface area is 121 Å². The minimum atomic E-state index is -0.0689. The van der Waals surface area contributed by atoms with Crippen molar-refractivity contribution in [1.82, 2.24) is 15.0 Å². The van der Waals surface area contributed by atoms with Gasteiger partial charge in [0.25, 0.3) is 0 Å². The molecule has 0 amide bonds. The van der Waals surface area contributed by atoms with E-state index in [1.807, 2.05) is 18.5 Å².